The summed E-state index contributed by atoms with van der Waals surface area (Å²) in [6, 6.07) is 23.5. The van der Waals surface area contributed by atoms with Crippen molar-refractivity contribution in [1.29, 1.82) is 0 Å². The monoisotopic (exact) mass is 456 g/mol. The van der Waals surface area contributed by atoms with Gasteiger partial charge in [0.05, 0.1) is 24.0 Å². The highest BCUT2D eigenvalue weighted by molar-refractivity contribution is 6.46. The van der Waals surface area contributed by atoms with E-state index in [9.17, 15) is 9.59 Å². The van der Waals surface area contributed by atoms with E-state index in [2.05, 4.69) is 5.32 Å². The Labute approximate surface area is 199 Å². The van der Waals surface area contributed by atoms with Gasteiger partial charge in [0.2, 0.25) is 0 Å². The molecule has 6 nitrogen and oxygen atoms in total. The van der Waals surface area contributed by atoms with E-state index >= 15 is 0 Å². The van der Waals surface area contributed by atoms with E-state index in [1.165, 1.54) is 4.90 Å². The van der Waals surface area contributed by atoms with E-state index in [0.29, 0.717) is 29.1 Å². The van der Waals surface area contributed by atoms with Gasteiger partial charge in [-0.05, 0) is 74.4 Å². The van der Waals surface area contributed by atoms with E-state index in [0.717, 1.165) is 17.9 Å². The van der Waals surface area contributed by atoms with Gasteiger partial charge in [-0.1, -0.05) is 37.3 Å². The first kappa shape index (κ1) is 23.1. The maximum atomic E-state index is 13.5. The number of hydrogen-bond donors (Lipinski definition) is 1. The van der Waals surface area contributed by atoms with Crippen LogP contribution in [0.4, 0.5) is 11.4 Å². The second-order valence-electron chi connectivity index (χ2n) is 8.22. The second-order valence-corrected chi connectivity index (χ2v) is 8.22. The number of amides is 2. The minimum absolute atomic E-state index is 0.0610. The average molecular weight is 457 g/mol. The van der Waals surface area contributed by atoms with Gasteiger partial charge in [0.15, 0.2) is 0 Å². The molecule has 0 spiro atoms. The summed E-state index contributed by atoms with van der Waals surface area (Å²) in [5, 5.41) is 3.18. The molecule has 3 aromatic carbocycles. The summed E-state index contributed by atoms with van der Waals surface area (Å²) in [6.45, 7) is 6.58. The van der Waals surface area contributed by atoms with E-state index in [-0.39, 0.29) is 17.7 Å². The molecule has 0 fully saturated rings. The van der Waals surface area contributed by atoms with Crippen LogP contribution in [0.1, 0.15) is 32.8 Å². The zero-order chi connectivity index (χ0) is 24.1. The molecule has 2 amide bonds. The predicted molar refractivity (Wildman–Crippen MR) is 134 cm³/mol. The number of rotatable bonds is 9. The fourth-order valence-corrected chi connectivity index (χ4v) is 3.70. The SMILES string of the molecule is CCCOc1ccc(C2=C(Nc3ccc(OC(C)C)cc3)C(=O)N(c3ccccc3)C2=O)cc1. The van der Waals surface area contributed by atoms with Crippen molar-refractivity contribution >= 4 is 28.8 Å². The van der Waals surface area contributed by atoms with Gasteiger partial charge in [0, 0.05) is 5.69 Å². The number of carbonyl (C=O) groups is 2. The zero-order valence-electron chi connectivity index (χ0n) is 19.6. The number of imide groups is 1. The standard InChI is InChI=1S/C28H28N2O4/c1-4-18-33-23-14-10-20(11-15-23)25-26(29-21-12-16-24(17-13-21)34-19(2)3)28(32)30(27(25)31)22-8-6-5-7-9-22/h5-17,19,29H,4,18H2,1-3H3. The molecule has 1 aliphatic rings. The quantitative estimate of drug-likeness (QED) is 0.421. The van der Waals surface area contributed by atoms with Gasteiger partial charge in [0.1, 0.15) is 17.2 Å². The summed E-state index contributed by atoms with van der Waals surface area (Å²) in [5.74, 6) is 0.677. The Balaban J connectivity index is 1.70. The number of nitrogens with one attached hydrogen (secondary N) is 1. The lowest BCUT2D eigenvalue weighted by molar-refractivity contribution is -0.120. The van der Waals surface area contributed by atoms with Gasteiger partial charge in [-0.25, -0.2) is 4.90 Å². The second kappa shape index (κ2) is 10.3. The summed E-state index contributed by atoms with van der Waals surface area (Å²) >= 11 is 0. The Hall–Kier alpha value is -4.06. The van der Waals surface area contributed by atoms with Crippen LogP contribution in [0.5, 0.6) is 11.5 Å². The van der Waals surface area contributed by atoms with Crippen molar-refractivity contribution in [2.75, 3.05) is 16.8 Å². The predicted octanol–water partition coefficient (Wildman–Crippen LogP) is 5.66. The normalized spacial score (nSPS) is 13.6. The van der Waals surface area contributed by atoms with Gasteiger partial charge in [-0.3, -0.25) is 9.59 Å². The number of hydrogen-bond acceptors (Lipinski definition) is 5. The number of benzene rings is 3. The molecule has 1 N–H and O–H groups in total. The summed E-state index contributed by atoms with van der Waals surface area (Å²) in [6.07, 6.45) is 0.965. The van der Waals surface area contributed by atoms with Crippen LogP contribution in [0.3, 0.4) is 0 Å². The smallest absolute Gasteiger partial charge is 0.282 e. The molecule has 34 heavy (non-hydrogen) atoms. The van der Waals surface area contributed by atoms with Crippen molar-refractivity contribution in [2.24, 2.45) is 0 Å². The molecule has 0 unspecified atom stereocenters. The Kier molecular flexibility index (Phi) is 6.97. The zero-order valence-corrected chi connectivity index (χ0v) is 19.6. The highest BCUT2D eigenvalue weighted by atomic mass is 16.5. The summed E-state index contributed by atoms with van der Waals surface area (Å²) < 4.78 is 11.4. The van der Waals surface area contributed by atoms with Gasteiger partial charge >= 0.3 is 0 Å². The van der Waals surface area contributed by atoms with E-state index < -0.39 is 5.91 Å². The van der Waals surface area contributed by atoms with E-state index in [1.54, 1.807) is 36.4 Å². The molecule has 0 aromatic heterocycles. The van der Waals surface area contributed by atoms with Crippen molar-refractivity contribution in [3.8, 4) is 11.5 Å². The third-order valence-electron chi connectivity index (χ3n) is 5.21. The molecule has 1 aliphatic heterocycles. The first-order valence-electron chi connectivity index (χ1n) is 11.4. The Morgan fingerprint density at radius 3 is 2.09 bits per heavy atom. The fourth-order valence-electron chi connectivity index (χ4n) is 3.70. The molecule has 6 heteroatoms. The molecule has 4 rings (SSSR count). The van der Waals surface area contributed by atoms with Crippen LogP contribution >= 0.6 is 0 Å². The highest BCUT2D eigenvalue weighted by Crippen LogP contribution is 2.34. The van der Waals surface area contributed by atoms with Crippen LogP contribution in [0.2, 0.25) is 0 Å². The van der Waals surface area contributed by atoms with Crippen LogP contribution in [-0.2, 0) is 9.59 Å². The van der Waals surface area contributed by atoms with Crippen molar-refractivity contribution in [3.63, 3.8) is 0 Å². The summed E-state index contributed by atoms with van der Waals surface area (Å²) in [4.78, 5) is 28.2. The van der Waals surface area contributed by atoms with Gasteiger partial charge in [0.25, 0.3) is 11.8 Å². The molecular formula is C28H28N2O4. The maximum Gasteiger partial charge on any atom is 0.282 e. The van der Waals surface area contributed by atoms with Crippen molar-refractivity contribution < 1.29 is 19.1 Å². The molecular weight excluding hydrogens is 428 g/mol. The first-order chi connectivity index (χ1) is 16.5. The maximum absolute atomic E-state index is 13.5. The number of ether oxygens (including phenoxy) is 2. The molecule has 0 saturated heterocycles. The molecule has 1 heterocycles. The van der Waals surface area contributed by atoms with Crippen LogP contribution in [0, 0.1) is 0 Å². The minimum Gasteiger partial charge on any atom is -0.494 e. The topological polar surface area (TPSA) is 67.9 Å². The molecule has 0 saturated carbocycles. The molecule has 174 valence electrons. The average Bonchev–Trinajstić information content (AvgIpc) is 3.08. The van der Waals surface area contributed by atoms with Crippen LogP contribution in [-0.4, -0.2) is 24.5 Å². The van der Waals surface area contributed by atoms with Crippen LogP contribution in [0.25, 0.3) is 5.57 Å². The third-order valence-corrected chi connectivity index (χ3v) is 5.21. The fraction of sp³-hybridized carbons (Fsp3) is 0.214. The lowest BCUT2D eigenvalue weighted by Gasteiger charge is -2.15. The lowest BCUT2D eigenvalue weighted by Crippen LogP contribution is -2.32. The van der Waals surface area contributed by atoms with E-state index in [1.807, 2.05) is 63.2 Å². The first-order valence-corrected chi connectivity index (χ1v) is 11.4. The molecule has 0 aliphatic carbocycles. The Morgan fingerprint density at radius 2 is 1.47 bits per heavy atom. The van der Waals surface area contributed by atoms with Crippen molar-refractivity contribution in [1.82, 2.24) is 0 Å². The number of anilines is 2. The minimum atomic E-state index is -0.403. The van der Waals surface area contributed by atoms with Gasteiger partial charge in [-0.15, -0.1) is 0 Å². The lowest BCUT2D eigenvalue weighted by atomic mass is 10.0. The Bertz CT molecular complexity index is 1180. The summed E-state index contributed by atoms with van der Waals surface area (Å²) in [5.41, 5.74) is 2.40. The summed E-state index contributed by atoms with van der Waals surface area (Å²) in [7, 11) is 0. The van der Waals surface area contributed by atoms with Crippen LogP contribution < -0.4 is 19.7 Å². The number of carbonyl (C=O) groups excluding carboxylic acids is 2. The highest BCUT2D eigenvalue weighted by Gasteiger charge is 2.40. The largest absolute Gasteiger partial charge is 0.494 e. The van der Waals surface area contributed by atoms with Gasteiger partial charge in [-0.2, -0.15) is 0 Å². The van der Waals surface area contributed by atoms with Crippen molar-refractivity contribution in [2.45, 2.75) is 33.3 Å². The van der Waals surface area contributed by atoms with Crippen molar-refractivity contribution in [3.05, 3.63) is 90.1 Å². The third kappa shape index (κ3) is 4.96. The molecule has 0 radical (unpaired) electrons. The Morgan fingerprint density at radius 1 is 0.824 bits per heavy atom. The number of nitrogens with zero attached hydrogens (tertiary/aromatic N) is 1. The molecule has 0 bridgehead atoms. The number of para-hydroxylation sites is 1. The van der Waals surface area contributed by atoms with E-state index in [4.69, 9.17) is 9.47 Å². The molecule has 3 aromatic rings. The van der Waals surface area contributed by atoms with Gasteiger partial charge < -0.3 is 14.8 Å². The van der Waals surface area contributed by atoms with Crippen LogP contribution in [0.15, 0.2) is 84.6 Å². The molecule has 0 atom stereocenters.